The van der Waals surface area contributed by atoms with E-state index < -0.39 is 0 Å². The minimum absolute atomic E-state index is 0.738. The molecule has 0 saturated carbocycles. The summed E-state index contributed by atoms with van der Waals surface area (Å²) < 4.78 is 0. The smallest absolute Gasteiger partial charge is 0.224 e. The normalized spacial score (nSPS) is 10.9. The molecule has 1 rings (SSSR count). The highest BCUT2D eigenvalue weighted by atomic mass is 15.2. The Morgan fingerprint density at radius 3 is 2.33 bits per heavy atom. The number of hydrogen-bond donors (Lipinski definition) is 1. The summed E-state index contributed by atoms with van der Waals surface area (Å²) in [6.45, 7) is 15.0. The molecule has 21 heavy (non-hydrogen) atoms. The van der Waals surface area contributed by atoms with Crippen LogP contribution in [-0.2, 0) is 0 Å². The molecule has 0 unspecified atom stereocenters. The summed E-state index contributed by atoms with van der Waals surface area (Å²) in [6.07, 6.45) is 4.19. The molecule has 0 aliphatic rings. The average Bonchev–Trinajstić information content (AvgIpc) is 2.52. The Kier molecular flexibility index (Phi) is 8.74. The van der Waals surface area contributed by atoms with E-state index in [-0.39, 0.29) is 0 Å². The molecule has 5 heteroatoms. The number of rotatable bonds is 11. The fraction of sp³-hybridized carbons (Fsp3) is 0.750. The van der Waals surface area contributed by atoms with Crippen LogP contribution >= 0.6 is 0 Å². The van der Waals surface area contributed by atoms with E-state index in [0.29, 0.717) is 0 Å². The number of nitrogens with one attached hydrogen (secondary N) is 1. The van der Waals surface area contributed by atoms with Crippen molar-refractivity contribution < 1.29 is 0 Å². The Labute approximate surface area is 129 Å². The van der Waals surface area contributed by atoms with Crippen LogP contribution in [0.1, 0.15) is 40.5 Å². The molecule has 0 aromatic carbocycles. The van der Waals surface area contributed by atoms with Gasteiger partial charge in [0.25, 0.3) is 0 Å². The summed E-state index contributed by atoms with van der Waals surface area (Å²) >= 11 is 0. The van der Waals surface area contributed by atoms with Gasteiger partial charge in [-0.2, -0.15) is 4.98 Å². The standard InChI is InChI=1S/C16H31N5/c1-5-20(6-2)14-10-9-12-17-16-18-13-11-15(19-16)21(7-3)8-4/h11,13H,5-10,12,14H2,1-4H3,(H,17,18,19). The van der Waals surface area contributed by atoms with Gasteiger partial charge in [-0.1, -0.05) is 13.8 Å². The van der Waals surface area contributed by atoms with E-state index >= 15 is 0 Å². The van der Waals surface area contributed by atoms with E-state index in [9.17, 15) is 0 Å². The van der Waals surface area contributed by atoms with Crippen LogP contribution in [0.2, 0.25) is 0 Å². The predicted octanol–water partition coefficient (Wildman–Crippen LogP) is 2.86. The van der Waals surface area contributed by atoms with Crippen LogP contribution in [0.15, 0.2) is 12.3 Å². The summed E-state index contributed by atoms with van der Waals surface area (Å²) in [4.78, 5) is 13.6. The highest BCUT2D eigenvalue weighted by Crippen LogP contribution is 2.11. The molecule has 0 aliphatic heterocycles. The first kappa shape index (κ1) is 17.7. The molecule has 0 atom stereocenters. The number of hydrogen-bond acceptors (Lipinski definition) is 5. The van der Waals surface area contributed by atoms with Crippen LogP contribution in [0.25, 0.3) is 0 Å². The Bertz CT molecular complexity index is 375. The highest BCUT2D eigenvalue weighted by Gasteiger charge is 2.05. The summed E-state index contributed by atoms with van der Waals surface area (Å²) in [5.41, 5.74) is 0. The minimum Gasteiger partial charge on any atom is -0.357 e. The largest absolute Gasteiger partial charge is 0.357 e. The average molecular weight is 293 g/mol. The van der Waals surface area contributed by atoms with Gasteiger partial charge in [-0.25, -0.2) is 4.98 Å². The molecule has 1 N–H and O–H groups in total. The van der Waals surface area contributed by atoms with Crippen molar-refractivity contribution in [2.75, 3.05) is 49.5 Å². The van der Waals surface area contributed by atoms with E-state index in [1.807, 2.05) is 12.3 Å². The van der Waals surface area contributed by atoms with Gasteiger partial charge in [0.2, 0.25) is 5.95 Å². The highest BCUT2D eigenvalue weighted by molar-refractivity contribution is 5.42. The zero-order valence-corrected chi connectivity index (χ0v) is 14.1. The third kappa shape index (κ3) is 6.29. The minimum atomic E-state index is 0.738. The van der Waals surface area contributed by atoms with Gasteiger partial charge >= 0.3 is 0 Å². The molecular weight excluding hydrogens is 262 g/mol. The second-order valence-corrected chi connectivity index (χ2v) is 5.07. The lowest BCUT2D eigenvalue weighted by Crippen LogP contribution is -2.24. The zero-order chi connectivity index (χ0) is 15.5. The fourth-order valence-corrected chi connectivity index (χ4v) is 2.36. The lowest BCUT2D eigenvalue weighted by atomic mass is 10.3. The third-order valence-electron chi connectivity index (χ3n) is 3.81. The van der Waals surface area contributed by atoms with E-state index in [4.69, 9.17) is 0 Å². The van der Waals surface area contributed by atoms with Crippen LogP contribution < -0.4 is 10.2 Å². The lowest BCUT2D eigenvalue weighted by Gasteiger charge is -2.20. The maximum atomic E-state index is 4.57. The van der Waals surface area contributed by atoms with Gasteiger partial charge in [-0.05, 0) is 52.4 Å². The Morgan fingerprint density at radius 2 is 1.71 bits per heavy atom. The summed E-state index contributed by atoms with van der Waals surface area (Å²) in [5.74, 6) is 1.74. The first-order valence-electron chi connectivity index (χ1n) is 8.29. The number of nitrogens with zero attached hydrogens (tertiary/aromatic N) is 4. The second kappa shape index (κ2) is 10.4. The van der Waals surface area contributed by atoms with Gasteiger partial charge < -0.3 is 15.1 Å². The molecule has 5 nitrogen and oxygen atoms in total. The predicted molar refractivity (Wildman–Crippen MR) is 91.1 cm³/mol. The molecule has 0 aliphatic carbocycles. The Balaban J connectivity index is 2.34. The van der Waals surface area contributed by atoms with Crippen LogP contribution in [-0.4, -0.2) is 54.1 Å². The quantitative estimate of drug-likeness (QED) is 0.636. The van der Waals surface area contributed by atoms with Crippen LogP contribution in [0.5, 0.6) is 0 Å². The molecule has 0 saturated heterocycles. The van der Waals surface area contributed by atoms with Gasteiger partial charge in [0, 0.05) is 25.8 Å². The molecule has 1 heterocycles. The van der Waals surface area contributed by atoms with Crippen molar-refractivity contribution in [1.82, 2.24) is 14.9 Å². The van der Waals surface area contributed by atoms with Crippen molar-refractivity contribution in [1.29, 1.82) is 0 Å². The van der Waals surface area contributed by atoms with Crippen molar-refractivity contribution in [3.8, 4) is 0 Å². The van der Waals surface area contributed by atoms with Crippen LogP contribution in [0.3, 0.4) is 0 Å². The maximum Gasteiger partial charge on any atom is 0.224 e. The molecule has 0 fully saturated rings. The van der Waals surface area contributed by atoms with E-state index in [0.717, 1.165) is 50.9 Å². The molecule has 0 radical (unpaired) electrons. The summed E-state index contributed by atoms with van der Waals surface area (Å²) in [7, 11) is 0. The molecular formula is C16H31N5. The number of unbranched alkanes of at least 4 members (excludes halogenated alkanes) is 1. The van der Waals surface area contributed by atoms with Crippen molar-refractivity contribution >= 4 is 11.8 Å². The first-order chi connectivity index (χ1) is 10.2. The molecule has 0 spiro atoms. The van der Waals surface area contributed by atoms with Crippen molar-refractivity contribution in [2.24, 2.45) is 0 Å². The van der Waals surface area contributed by atoms with Gasteiger partial charge in [0.05, 0.1) is 0 Å². The lowest BCUT2D eigenvalue weighted by molar-refractivity contribution is 0.298. The first-order valence-corrected chi connectivity index (χ1v) is 8.29. The summed E-state index contributed by atoms with van der Waals surface area (Å²) in [6, 6.07) is 1.97. The topological polar surface area (TPSA) is 44.3 Å². The number of aromatic nitrogens is 2. The van der Waals surface area contributed by atoms with Gasteiger partial charge in [-0.3, -0.25) is 0 Å². The Hall–Kier alpha value is -1.36. The molecule has 0 amide bonds. The molecule has 0 bridgehead atoms. The van der Waals surface area contributed by atoms with Gasteiger partial charge in [0.1, 0.15) is 5.82 Å². The van der Waals surface area contributed by atoms with Crippen molar-refractivity contribution in [3.63, 3.8) is 0 Å². The molecule has 1 aromatic rings. The van der Waals surface area contributed by atoms with Gasteiger partial charge in [0.15, 0.2) is 0 Å². The summed E-state index contributed by atoms with van der Waals surface area (Å²) in [5, 5.41) is 3.33. The second-order valence-electron chi connectivity index (χ2n) is 5.07. The van der Waals surface area contributed by atoms with Crippen molar-refractivity contribution in [2.45, 2.75) is 40.5 Å². The monoisotopic (exact) mass is 293 g/mol. The SMILES string of the molecule is CCN(CC)CCCCNc1nccc(N(CC)CC)n1. The molecule has 1 aromatic heterocycles. The van der Waals surface area contributed by atoms with Gasteiger partial charge in [-0.15, -0.1) is 0 Å². The Morgan fingerprint density at radius 1 is 1.00 bits per heavy atom. The van der Waals surface area contributed by atoms with Crippen LogP contribution in [0.4, 0.5) is 11.8 Å². The molecule has 120 valence electrons. The van der Waals surface area contributed by atoms with E-state index in [2.05, 4.69) is 52.8 Å². The fourth-order valence-electron chi connectivity index (χ4n) is 2.36. The number of anilines is 2. The van der Waals surface area contributed by atoms with Crippen molar-refractivity contribution in [3.05, 3.63) is 12.3 Å². The van der Waals surface area contributed by atoms with E-state index in [1.165, 1.54) is 13.0 Å². The van der Waals surface area contributed by atoms with Crippen LogP contribution in [0, 0.1) is 0 Å². The van der Waals surface area contributed by atoms with E-state index in [1.54, 1.807) is 0 Å². The maximum absolute atomic E-state index is 4.57. The third-order valence-corrected chi connectivity index (χ3v) is 3.81. The zero-order valence-electron chi connectivity index (χ0n) is 14.1.